The molecule has 110 valence electrons. The van der Waals surface area contributed by atoms with E-state index in [1.807, 2.05) is 12.3 Å². The third-order valence-electron chi connectivity index (χ3n) is 4.75. The van der Waals surface area contributed by atoms with Crippen LogP contribution in [-0.2, 0) is 6.54 Å². The largest absolute Gasteiger partial charge is 0.384 e. The molecule has 4 nitrogen and oxygen atoms in total. The van der Waals surface area contributed by atoms with Crippen molar-refractivity contribution >= 4 is 5.82 Å². The summed E-state index contributed by atoms with van der Waals surface area (Å²) in [5, 5.41) is 0. The van der Waals surface area contributed by atoms with Gasteiger partial charge in [-0.25, -0.2) is 4.98 Å². The first-order valence-corrected chi connectivity index (χ1v) is 7.98. The van der Waals surface area contributed by atoms with Crippen molar-refractivity contribution in [2.75, 3.05) is 31.9 Å². The fraction of sp³-hybridized carbons (Fsp3) is 0.688. The highest BCUT2D eigenvalue weighted by molar-refractivity contribution is 5.29. The standard InChI is InChI=1S/C16H26N4/c17-16-7-6-14(12-18-16)13-19-8-10-20(11-9-19)15-4-2-1-3-5-15/h6-7,12,15H,1-5,8-11,13H2,(H2,17,18). The number of aromatic nitrogens is 1. The number of nitrogen functional groups attached to an aromatic ring is 1. The minimum atomic E-state index is 0.607. The molecule has 0 unspecified atom stereocenters. The van der Waals surface area contributed by atoms with E-state index in [0.717, 1.165) is 12.6 Å². The maximum absolute atomic E-state index is 5.63. The van der Waals surface area contributed by atoms with Crippen molar-refractivity contribution in [2.45, 2.75) is 44.7 Å². The molecule has 4 heteroatoms. The van der Waals surface area contributed by atoms with E-state index in [0.29, 0.717) is 5.82 Å². The summed E-state index contributed by atoms with van der Waals surface area (Å²) in [5.41, 5.74) is 6.90. The molecule has 0 atom stereocenters. The number of rotatable bonds is 3. The Hall–Kier alpha value is -1.13. The van der Waals surface area contributed by atoms with Gasteiger partial charge in [-0.05, 0) is 24.5 Å². The van der Waals surface area contributed by atoms with Crippen molar-refractivity contribution in [1.82, 2.24) is 14.8 Å². The number of pyridine rings is 1. The van der Waals surface area contributed by atoms with Crippen LogP contribution in [0.2, 0.25) is 0 Å². The average Bonchev–Trinajstić information content (AvgIpc) is 2.51. The van der Waals surface area contributed by atoms with Gasteiger partial charge in [-0.15, -0.1) is 0 Å². The molecule has 0 amide bonds. The molecule has 20 heavy (non-hydrogen) atoms. The van der Waals surface area contributed by atoms with E-state index in [2.05, 4.69) is 20.9 Å². The summed E-state index contributed by atoms with van der Waals surface area (Å²) in [4.78, 5) is 9.43. The van der Waals surface area contributed by atoms with Crippen LogP contribution < -0.4 is 5.73 Å². The maximum atomic E-state index is 5.63. The summed E-state index contributed by atoms with van der Waals surface area (Å²) < 4.78 is 0. The van der Waals surface area contributed by atoms with Crippen LogP contribution in [0.15, 0.2) is 18.3 Å². The summed E-state index contributed by atoms with van der Waals surface area (Å²) in [6.07, 6.45) is 9.05. The van der Waals surface area contributed by atoms with Gasteiger partial charge in [0.15, 0.2) is 0 Å². The molecular weight excluding hydrogens is 248 g/mol. The SMILES string of the molecule is Nc1ccc(CN2CCN(C3CCCCC3)CC2)cn1. The molecule has 1 aromatic rings. The Morgan fingerprint density at radius 2 is 1.80 bits per heavy atom. The van der Waals surface area contributed by atoms with E-state index < -0.39 is 0 Å². The molecule has 1 aliphatic heterocycles. The number of nitrogens with two attached hydrogens (primary N) is 1. The minimum absolute atomic E-state index is 0.607. The summed E-state index contributed by atoms with van der Waals surface area (Å²) in [6.45, 7) is 5.83. The van der Waals surface area contributed by atoms with Crippen LogP contribution in [-0.4, -0.2) is 47.0 Å². The second-order valence-corrected chi connectivity index (χ2v) is 6.20. The molecule has 2 aliphatic rings. The summed E-state index contributed by atoms with van der Waals surface area (Å²) in [5.74, 6) is 0.607. The molecule has 1 saturated heterocycles. The van der Waals surface area contributed by atoms with Gasteiger partial charge in [0.2, 0.25) is 0 Å². The van der Waals surface area contributed by atoms with Gasteiger partial charge in [-0.2, -0.15) is 0 Å². The number of anilines is 1. The Bertz CT molecular complexity index is 403. The summed E-state index contributed by atoms with van der Waals surface area (Å²) in [6, 6.07) is 4.85. The lowest BCUT2D eigenvalue weighted by atomic mass is 9.94. The highest BCUT2D eigenvalue weighted by Gasteiger charge is 2.24. The summed E-state index contributed by atoms with van der Waals surface area (Å²) >= 11 is 0. The third-order valence-corrected chi connectivity index (χ3v) is 4.75. The Labute approximate surface area is 122 Å². The van der Waals surface area contributed by atoms with Crippen LogP contribution in [0.25, 0.3) is 0 Å². The van der Waals surface area contributed by atoms with Crippen LogP contribution >= 0.6 is 0 Å². The summed E-state index contributed by atoms with van der Waals surface area (Å²) in [7, 11) is 0. The number of hydrogen-bond acceptors (Lipinski definition) is 4. The first kappa shape index (κ1) is 13.8. The second kappa shape index (κ2) is 6.55. The van der Waals surface area contributed by atoms with Crippen molar-refractivity contribution in [3.05, 3.63) is 23.9 Å². The number of piperazine rings is 1. The van der Waals surface area contributed by atoms with E-state index >= 15 is 0 Å². The van der Waals surface area contributed by atoms with E-state index in [1.54, 1.807) is 0 Å². The highest BCUT2D eigenvalue weighted by Crippen LogP contribution is 2.23. The van der Waals surface area contributed by atoms with Crippen LogP contribution in [0.5, 0.6) is 0 Å². The van der Waals surface area contributed by atoms with E-state index in [1.165, 1.54) is 63.8 Å². The van der Waals surface area contributed by atoms with Gasteiger partial charge in [0.1, 0.15) is 5.82 Å². The van der Waals surface area contributed by atoms with Crippen molar-refractivity contribution in [1.29, 1.82) is 0 Å². The van der Waals surface area contributed by atoms with Crippen LogP contribution in [0.3, 0.4) is 0 Å². The third kappa shape index (κ3) is 3.49. The number of hydrogen-bond donors (Lipinski definition) is 1. The monoisotopic (exact) mass is 274 g/mol. The van der Waals surface area contributed by atoms with Crippen LogP contribution in [0, 0.1) is 0 Å². The molecular formula is C16H26N4. The first-order valence-electron chi connectivity index (χ1n) is 7.98. The van der Waals surface area contributed by atoms with Gasteiger partial charge >= 0.3 is 0 Å². The minimum Gasteiger partial charge on any atom is -0.384 e. The number of nitrogens with zero attached hydrogens (tertiary/aromatic N) is 3. The first-order chi connectivity index (χ1) is 9.81. The van der Waals surface area contributed by atoms with Gasteiger partial charge in [0.25, 0.3) is 0 Å². The van der Waals surface area contributed by atoms with Gasteiger partial charge in [-0.3, -0.25) is 9.80 Å². The van der Waals surface area contributed by atoms with Crippen molar-refractivity contribution in [2.24, 2.45) is 0 Å². The predicted octanol–water partition coefficient (Wildman–Crippen LogP) is 2.11. The molecule has 2 N–H and O–H groups in total. The van der Waals surface area contributed by atoms with Crippen molar-refractivity contribution in [3.8, 4) is 0 Å². The van der Waals surface area contributed by atoms with Gasteiger partial charge in [-0.1, -0.05) is 25.3 Å². The van der Waals surface area contributed by atoms with Gasteiger partial charge in [0.05, 0.1) is 0 Å². The molecule has 2 fully saturated rings. The lowest BCUT2D eigenvalue weighted by Gasteiger charge is -2.40. The average molecular weight is 274 g/mol. The Morgan fingerprint density at radius 1 is 1.05 bits per heavy atom. The van der Waals surface area contributed by atoms with Crippen molar-refractivity contribution in [3.63, 3.8) is 0 Å². The Morgan fingerprint density at radius 3 is 2.45 bits per heavy atom. The normalized spacial score (nSPS) is 23.0. The molecule has 0 aromatic carbocycles. The molecule has 0 bridgehead atoms. The molecule has 1 saturated carbocycles. The lowest BCUT2D eigenvalue weighted by Crippen LogP contribution is -2.50. The van der Waals surface area contributed by atoms with E-state index in [4.69, 9.17) is 5.73 Å². The molecule has 0 radical (unpaired) electrons. The molecule has 1 aromatic heterocycles. The smallest absolute Gasteiger partial charge is 0.123 e. The predicted molar refractivity (Wildman–Crippen MR) is 82.4 cm³/mol. The lowest BCUT2D eigenvalue weighted by molar-refractivity contribution is 0.0754. The maximum Gasteiger partial charge on any atom is 0.123 e. The molecule has 3 rings (SSSR count). The van der Waals surface area contributed by atoms with E-state index in [9.17, 15) is 0 Å². The second-order valence-electron chi connectivity index (χ2n) is 6.20. The topological polar surface area (TPSA) is 45.4 Å². The highest BCUT2D eigenvalue weighted by atomic mass is 15.3. The van der Waals surface area contributed by atoms with Crippen LogP contribution in [0.4, 0.5) is 5.82 Å². The zero-order chi connectivity index (χ0) is 13.8. The fourth-order valence-corrected chi connectivity index (χ4v) is 3.52. The van der Waals surface area contributed by atoms with Gasteiger partial charge < -0.3 is 5.73 Å². The molecule has 2 heterocycles. The molecule has 0 spiro atoms. The quantitative estimate of drug-likeness (QED) is 0.917. The zero-order valence-corrected chi connectivity index (χ0v) is 12.3. The molecule has 1 aliphatic carbocycles. The fourth-order valence-electron chi connectivity index (χ4n) is 3.52. The Kier molecular flexibility index (Phi) is 4.53. The Balaban J connectivity index is 1.47. The zero-order valence-electron chi connectivity index (χ0n) is 12.3. The van der Waals surface area contributed by atoms with E-state index in [-0.39, 0.29) is 0 Å². The van der Waals surface area contributed by atoms with Crippen LogP contribution in [0.1, 0.15) is 37.7 Å². The van der Waals surface area contributed by atoms with Gasteiger partial charge in [0, 0.05) is 45.0 Å². The van der Waals surface area contributed by atoms with Crippen molar-refractivity contribution < 1.29 is 0 Å².